The van der Waals surface area contributed by atoms with Crippen LogP contribution in [-0.2, 0) is 11.3 Å². The number of esters is 1. The molecule has 0 radical (unpaired) electrons. The van der Waals surface area contributed by atoms with Gasteiger partial charge in [0.25, 0.3) is 5.56 Å². The number of benzene rings is 1. The van der Waals surface area contributed by atoms with Gasteiger partial charge in [-0.3, -0.25) is 9.36 Å². The van der Waals surface area contributed by atoms with E-state index in [1.165, 1.54) is 6.08 Å². The Bertz CT molecular complexity index is 1330. The van der Waals surface area contributed by atoms with Crippen LogP contribution in [0.15, 0.2) is 45.6 Å². The summed E-state index contributed by atoms with van der Waals surface area (Å²) >= 11 is 0. The van der Waals surface area contributed by atoms with Gasteiger partial charge >= 0.3 is 5.97 Å². The van der Waals surface area contributed by atoms with Crippen molar-refractivity contribution in [2.24, 2.45) is 0 Å². The summed E-state index contributed by atoms with van der Waals surface area (Å²) in [6.07, 6.45) is 1.43. The minimum absolute atomic E-state index is 0.0657. The molecule has 0 saturated heterocycles. The molecule has 3 aromatic rings. The van der Waals surface area contributed by atoms with E-state index in [-0.39, 0.29) is 35.8 Å². The fourth-order valence-corrected chi connectivity index (χ4v) is 3.06. The third kappa shape index (κ3) is 4.27. The largest absolute Gasteiger partial charge is 0.493 e. The van der Waals surface area contributed by atoms with Crippen LogP contribution in [0, 0.1) is 11.3 Å². The van der Waals surface area contributed by atoms with Crippen LogP contribution >= 0.6 is 0 Å². The normalized spacial score (nSPS) is 11.3. The lowest BCUT2D eigenvalue weighted by Crippen LogP contribution is -2.46. The SMILES string of the molecule is C=c1c(C#N)c(O)n(CCO)c(=O)c1=Cc1ccc(-c2ccc(C(=O)OCC)cc2)o1. The summed E-state index contributed by atoms with van der Waals surface area (Å²) in [6, 6.07) is 11.8. The molecule has 2 N–H and O–H groups in total. The molecule has 0 spiro atoms. The maximum Gasteiger partial charge on any atom is 0.338 e. The molecule has 8 heteroatoms. The van der Waals surface area contributed by atoms with Crippen LogP contribution in [0.25, 0.3) is 24.0 Å². The summed E-state index contributed by atoms with van der Waals surface area (Å²) in [5.41, 5.74) is 0.375. The van der Waals surface area contributed by atoms with Crippen molar-refractivity contribution in [2.45, 2.75) is 13.5 Å². The van der Waals surface area contributed by atoms with E-state index in [1.807, 2.05) is 6.07 Å². The monoisotopic (exact) mass is 420 g/mol. The van der Waals surface area contributed by atoms with Crippen LogP contribution in [0.3, 0.4) is 0 Å². The van der Waals surface area contributed by atoms with E-state index in [4.69, 9.17) is 14.3 Å². The lowest BCUT2D eigenvalue weighted by molar-refractivity contribution is 0.0526. The van der Waals surface area contributed by atoms with E-state index in [0.717, 1.165) is 4.57 Å². The van der Waals surface area contributed by atoms with E-state index < -0.39 is 17.4 Å². The lowest BCUT2D eigenvalue weighted by atomic mass is 10.1. The first-order valence-electron chi connectivity index (χ1n) is 9.46. The summed E-state index contributed by atoms with van der Waals surface area (Å²) in [4.78, 5) is 24.5. The van der Waals surface area contributed by atoms with Crippen LogP contribution in [-0.4, -0.2) is 34.0 Å². The molecular formula is C23H20N2O6. The maximum absolute atomic E-state index is 12.7. The number of rotatable bonds is 6. The van der Waals surface area contributed by atoms with Gasteiger partial charge in [-0.25, -0.2) is 4.79 Å². The quantitative estimate of drug-likeness (QED) is 0.572. The molecular weight excluding hydrogens is 400 g/mol. The second-order valence-electron chi connectivity index (χ2n) is 6.53. The number of hydrogen-bond acceptors (Lipinski definition) is 7. The number of aliphatic hydroxyl groups is 1. The van der Waals surface area contributed by atoms with Crippen LogP contribution in [0.4, 0.5) is 0 Å². The van der Waals surface area contributed by atoms with Crippen LogP contribution in [0.5, 0.6) is 5.88 Å². The molecule has 0 aliphatic carbocycles. The zero-order chi connectivity index (χ0) is 22.5. The first-order valence-corrected chi connectivity index (χ1v) is 9.46. The molecule has 0 saturated carbocycles. The molecule has 0 aliphatic rings. The topological polar surface area (TPSA) is 126 Å². The zero-order valence-electron chi connectivity index (χ0n) is 16.8. The Morgan fingerprint density at radius 3 is 2.61 bits per heavy atom. The third-order valence-electron chi connectivity index (χ3n) is 4.61. The van der Waals surface area contributed by atoms with Gasteiger partial charge in [-0.15, -0.1) is 0 Å². The highest BCUT2D eigenvalue weighted by Crippen LogP contribution is 2.23. The fourth-order valence-electron chi connectivity index (χ4n) is 3.06. The third-order valence-corrected chi connectivity index (χ3v) is 4.61. The maximum atomic E-state index is 12.7. The molecule has 158 valence electrons. The summed E-state index contributed by atoms with van der Waals surface area (Å²) < 4.78 is 11.7. The molecule has 0 unspecified atom stereocenters. The van der Waals surface area contributed by atoms with Crippen LogP contribution < -0.4 is 16.0 Å². The van der Waals surface area contributed by atoms with Gasteiger partial charge in [-0.05, 0) is 37.3 Å². The Morgan fingerprint density at radius 1 is 1.29 bits per heavy atom. The average Bonchev–Trinajstić information content (AvgIpc) is 3.23. The number of aromatic hydroxyl groups is 1. The summed E-state index contributed by atoms with van der Waals surface area (Å²) in [5, 5.41) is 28.8. The smallest absolute Gasteiger partial charge is 0.338 e. The number of nitriles is 1. The van der Waals surface area contributed by atoms with Crippen molar-refractivity contribution in [3.8, 4) is 23.3 Å². The van der Waals surface area contributed by atoms with Crippen molar-refractivity contribution >= 4 is 18.6 Å². The molecule has 31 heavy (non-hydrogen) atoms. The Balaban J connectivity index is 2.04. The molecule has 0 bridgehead atoms. The minimum atomic E-state index is -0.604. The second kappa shape index (κ2) is 9.15. The van der Waals surface area contributed by atoms with Crippen molar-refractivity contribution in [2.75, 3.05) is 13.2 Å². The fraction of sp³-hybridized carbons (Fsp3) is 0.174. The predicted molar refractivity (Wildman–Crippen MR) is 113 cm³/mol. The minimum Gasteiger partial charge on any atom is -0.493 e. The Labute approximate surface area is 177 Å². The van der Waals surface area contributed by atoms with Gasteiger partial charge in [-0.1, -0.05) is 18.7 Å². The molecule has 3 rings (SSSR count). The summed E-state index contributed by atoms with van der Waals surface area (Å²) in [6.45, 7) is 5.21. The highest BCUT2D eigenvalue weighted by atomic mass is 16.5. The number of furan rings is 1. The molecule has 2 aromatic heterocycles. The van der Waals surface area contributed by atoms with Gasteiger partial charge < -0.3 is 19.4 Å². The Kier molecular flexibility index (Phi) is 6.38. The van der Waals surface area contributed by atoms with Crippen molar-refractivity contribution in [1.29, 1.82) is 5.26 Å². The Morgan fingerprint density at radius 2 is 2.00 bits per heavy atom. The number of aliphatic hydroxyl groups excluding tert-OH is 1. The number of pyridine rings is 1. The molecule has 2 heterocycles. The van der Waals surface area contributed by atoms with Crippen LogP contribution in [0.1, 0.15) is 28.6 Å². The first-order chi connectivity index (χ1) is 14.9. The first kappa shape index (κ1) is 21.6. The van der Waals surface area contributed by atoms with Crippen molar-refractivity contribution < 1.29 is 24.2 Å². The zero-order valence-corrected chi connectivity index (χ0v) is 16.8. The molecule has 0 fully saturated rings. The van der Waals surface area contributed by atoms with Crippen molar-refractivity contribution in [3.63, 3.8) is 0 Å². The molecule has 1 aromatic carbocycles. The average molecular weight is 420 g/mol. The number of nitrogens with zero attached hydrogens (tertiary/aromatic N) is 2. The number of ether oxygens (including phenoxy) is 1. The van der Waals surface area contributed by atoms with Gasteiger partial charge in [0.2, 0.25) is 5.88 Å². The van der Waals surface area contributed by atoms with E-state index in [0.29, 0.717) is 22.6 Å². The number of carbonyl (C=O) groups excluding carboxylic acids is 1. The molecule has 0 atom stereocenters. The molecule has 0 aliphatic heterocycles. The number of hydrogen-bond donors (Lipinski definition) is 2. The van der Waals surface area contributed by atoms with E-state index >= 15 is 0 Å². The van der Waals surface area contributed by atoms with E-state index in [1.54, 1.807) is 43.3 Å². The lowest BCUT2D eigenvalue weighted by Gasteiger charge is -2.08. The molecule has 0 amide bonds. The van der Waals surface area contributed by atoms with Gasteiger partial charge in [0.15, 0.2) is 0 Å². The highest BCUT2D eigenvalue weighted by Gasteiger charge is 2.14. The van der Waals surface area contributed by atoms with E-state index in [9.17, 15) is 20.0 Å². The second-order valence-corrected chi connectivity index (χ2v) is 6.53. The molecule has 8 nitrogen and oxygen atoms in total. The highest BCUT2D eigenvalue weighted by molar-refractivity contribution is 5.89. The Hall–Kier alpha value is -4.09. The standard InChI is InChI=1S/C23H20N2O6/c1-3-30-23(29)16-6-4-15(5-7-16)20-9-8-17(31-20)12-18-14(2)19(13-24)22(28)25(10-11-26)21(18)27/h4-9,12,26,28H,2-3,10-11H2,1H3. The summed E-state index contributed by atoms with van der Waals surface area (Å²) in [7, 11) is 0. The van der Waals surface area contributed by atoms with Gasteiger partial charge in [-0.2, -0.15) is 5.26 Å². The van der Waals surface area contributed by atoms with Gasteiger partial charge in [0.1, 0.15) is 23.2 Å². The number of carbonyl (C=O) groups is 1. The predicted octanol–water partition coefficient (Wildman–Crippen LogP) is 1.09. The van der Waals surface area contributed by atoms with E-state index in [2.05, 4.69) is 6.58 Å². The number of aromatic nitrogens is 1. The van der Waals surface area contributed by atoms with Crippen molar-refractivity contribution in [1.82, 2.24) is 4.57 Å². The summed E-state index contributed by atoms with van der Waals surface area (Å²) in [5.74, 6) is -0.116. The van der Waals surface area contributed by atoms with Crippen LogP contribution in [0.2, 0.25) is 0 Å². The van der Waals surface area contributed by atoms with Crippen molar-refractivity contribution in [3.05, 3.63) is 74.1 Å². The van der Waals surface area contributed by atoms with Gasteiger partial charge in [0, 0.05) is 10.8 Å². The van der Waals surface area contributed by atoms with Gasteiger partial charge in [0.05, 0.1) is 30.5 Å².